The van der Waals surface area contributed by atoms with Crippen LogP contribution in [0.25, 0.3) is 55.0 Å². The van der Waals surface area contributed by atoms with Crippen molar-refractivity contribution < 1.29 is 0 Å². The Bertz CT molecular complexity index is 3770. The number of aryl methyl sites for hydroxylation is 1. The maximum Gasteiger partial charge on any atom is 0.0542 e. The van der Waals surface area contributed by atoms with Crippen LogP contribution >= 0.6 is 0 Å². The van der Waals surface area contributed by atoms with Crippen molar-refractivity contribution >= 4 is 94.8 Å². The molecule has 0 aliphatic rings. The fraction of sp³-hybridized carbons (Fsp3) is 0.0149. The summed E-state index contributed by atoms with van der Waals surface area (Å²) in [6, 6.07) is 101. The van der Waals surface area contributed by atoms with E-state index in [-0.39, 0.29) is 0 Å². The Balaban J connectivity index is 0.889. The first kappa shape index (κ1) is 42.5. The Morgan fingerprint density at radius 2 is 0.486 bits per heavy atom. The molecule has 0 unspecified atom stereocenters. The second-order valence-corrected chi connectivity index (χ2v) is 18.3. The fourth-order valence-corrected chi connectivity index (χ4v) is 10.6. The lowest BCUT2D eigenvalue weighted by Crippen LogP contribution is -2.13. The zero-order valence-electron chi connectivity index (χ0n) is 39.8. The summed E-state index contributed by atoms with van der Waals surface area (Å²) in [6.07, 6.45) is 0. The summed E-state index contributed by atoms with van der Waals surface area (Å²) in [4.78, 5) is 7.07. The highest BCUT2D eigenvalue weighted by Gasteiger charge is 2.21. The molecule has 5 nitrogen and oxygen atoms in total. The van der Waals surface area contributed by atoms with Gasteiger partial charge in [-0.15, -0.1) is 0 Å². The van der Waals surface area contributed by atoms with Crippen molar-refractivity contribution in [3.8, 4) is 11.4 Å². The number of rotatable bonds is 11. The van der Waals surface area contributed by atoms with E-state index in [1.54, 1.807) is 0 Å². The Hall–Kier alpha value is -9.58. The van der Waals surface area contributed by atoms with E-state index in [1.807, 2.05) is 0 Å². The predicted molar refractivity (Wildman–Crippen MR) is 304 cm³/mol. The van der Waals surface area contributed by atoms with Gasteiger partial charge in [-0.3, -0.25) is 0 Å². The van der Waals surface area contributed by atoms with Crippen LogP contribution in [0.2, 0.25) is 0 Å². The van der Waals surface area contributed by atoms with Gasteiger partial charge in [0.15, 0.2) is 0 Å². The topological polar surface area (TPSA) is 19.6 Å². The molecule has 0 spiro atoms. The van der Waals surface area contributed by atoms with Crippen molar-refractivity contribution in [2.45, 2.75) is 6.92 Å². The third kappa shape index (κ3) is 7.52. The maximum absolute atomic E-state index is 2.37. The van der Waals surface area contributed by atoms with Gasteiger partial charge < -0.3 is 23.8 Å². The molecule has 0 aliphatic carbocycles. The number of para-hydroxylation sites is 6. The van der Waals surface area contributed by atoms with Crippen LogP contribution in [0, 0.1) is 6.92 Å². The number of anilines is 9. The number of fused-ring (bicyclic) bond motifs is 6. The molecule has 11 aromatic carbocycles. The van der Waals surface area contributed by atoms with Gasteiger partial charge in [0.05, 0.1) is 22.1 Å². The minimum absolute atomic E-state index is 1.06. The summed E-state index contributed by atoms with van der Waals surface area (Å²) in [5.74, 6) is 0. The van der Waals surface area contributed by atoms with E-state index in [4.69, 9.17) is 0 Å². The number of hydrogen-bond donors (Lipinski definition) is 0. The van der Waals surface area contributed by atoms with Crippen molar-refractivity contribution in [3.05, 3.63) is 285 Å². The summed E-state index contributed by atoms with van der Waals surface area (Å²) in [5, 5.41) is 4.86. The van der Waals surface area contributed by atoms with E-state index in [0.29, 0.717) is 0 Å². The van der Waals surface area contributed by atoms with Crippen LogP contribution in [0.3, 0.4) is 0 Å². The van der Waals surface area contributed by atoms with Crippen LogP contribution < -0.4 is 14.7 Å². The third-order valence-electron chi connectivity index (χ3n) is 13.9. The van der Waals surface area contributed by atoms with Crippen LogP contribution in [-0.2, 0) is 0 Å². The zero-order chi connectivity index (χ0) is 48.0. The van der Waals surface area contributed by atoms with Crippen LogP contribution in [0.4, 0.5) is 51.2 Å². The normalized spacial score (nSPS) is 11.4. The van der Waals surface area contributed by atoms with Crippen LogP contribution in [-0.4, -0.2) is 9.13 Å². The van der Waals surface area contributed by atoms with Crippen LogP contribution in [0.5, 0.6) is 0 Å². The molecular formula is C67H49N5. The predicted octanol–water partition coefficient (Wildman–Crippen LogP) is 18.6. The van der Waals surface area contributed by atoms with Gasteiger partial charge in [-0.05, 0) is 165 Å². The van der Waals surface area contributed by atoms with Crippen LogP contribution in [0.1, 0.15) is 5.56 Å². The lowest BCUT2D eigenvalue weighted by atomic mass is 10.1. The van der Waals surface area contributed by atoms with Gasteiger partial charge in [-0.2, -0.15) is 0 Å². The molecule has 0 fully saturated rings. The number of hydrogen-bond acceptors (Lipinski definition) is 3. The SMILES string of the molecule is Cc1ccc(N(c2ccc(N(c3ccccc3)c3ccc4c(c3)c3ccccc3n4-c3ccccc3)cc2)c2ccc(N(c3ccccc3)c3ccc4c(c3)c3ccccc3n4-c3ccccc3)cc2)cc1. The average molecular weight is 924 g/mol. The third-order valence-corrected chi connectivity index (χ3v) is 13.9. The van der Waals surface area contributed by atoms with Gasteiger partial charge in [0.1, 0.15) is 0 Å². The summed E-state index contributed by atoms with van der Waals surface area (Å²) in [6.45, 7) is 2.14. The van der Waals surface area contributed by atoms with E-state index in [1.165, 1.54) is 49.2 Å². The van der Waals surface area contributed by atoms with Crippen molar-refractivity contribution in [1.82, 2.24) is 9.13 Å². The summed E-state index contributed by atoms with van der Waals surface area (Å²) in [5.41, 5.74) is 17.9. The maximum atomic E-state index is 2.37. The Morgan fingerprint density at radius 3 is 0.861 bits per heavy atom. The largest absolute Gasteiger partial charge is 0.311 e. The molecule has 0 aliphatic heterocycles. The van der Waals surface area contributed by atoms with Crippen molar-refractivity contribution in [2.75, 3.05) is 14.7 Å². The first-order valence-corrected chi connectivity index (χ1v) is 24.6. The van der Waals surface area contributed by atoms with E-state index < -0.39 is 0 Å². The molecule has 5 heteroatoms. The summed E-state index contributed by atoms with van der Waals surface area (Å²) >= 11 is 0. The van der Waals surface area contributed by atoms with Gasteiger partial charge in [-0.1, -0.05) is 127 Å². The summed E-state index contributed by atoms with van der Waals surface area (Å²) in [7, 11) is 0. The van der Waals surface area contributed by atoms with Crippen molar-refractivity contribution in [2.24, 2.45) is 0 Å². The second kappa shape index (κ2) is 18.1. The smallest absolute Gasteiger partial charge is 0.0542 e. The molecule has 72 heavy (non-hydrogen) atoms. The van der Waals surface area contributed by atoms with Crippen molar-refractivity contribution in [1.29, 1.82) is 0 Å². The molecule has 342 valence electrons. The molecule has 0 atom stereocenters. The first-order valence-electron chi connectivity index (χ1n) is 24.6. The highest BCUT2D eigenvalue weighted by atomic mass is 15.2. The quantitative estimate of drug-likeness (QED) is 0.129. The molecule has 13 rings (SSSR count). The molecule has 13 aromatic rings. The number of aromatic nitrogens is 2. The van der Waals surface area contributed by atoms with E-state index in [9.17, 15) is 0 Å². The molecule has 0 bridgehead atoms. The molecule has 0 saturated heterocycles. The first-order chi connectivity index (χ1) is 35.6. The minimum Gasteiger partial charge on any atom is -0.311 e. The van der Waals surface area contributed by atoms with Gasteiger partial charge in [-0.25, -0.2) is 0 Å². The van der Waals surface area contributed by atoms with E-state index in [2.05, 4.69) is 310 Å². The van der Waals surface area contributed by atoms with E-state index in [0.717, 1.165) is 62.6 Å². The highest BCUT2D eigenvalue weighted by molar-refractivity contribution is 6.12. The molecule has 2 aromatic heterocycles. The fourth-order valence-electron chi connectivity index (χ4n) is 10.6. The van der Waals surface area contributed by atoms with Gasteiger partial charge in [0.25, 0.3) is 0 Å². The van der Waals surface area contributed by atoms with Gasteiger partial charge >= 0.3 is 0 Å². The van der Waals surface area contributed by atoms with Gasteiger partial charge in [0.2, 0.25) is 0 Å². The average Bonchev–Trinajstić information content (AvgIpc) is 3.96. The van der Waals surface area contributed by atoms with E-state index >= 15 is 0 Å². The minimum atomic E-state index is 1.06. The number of benzene rings is 11. The van der Waals surface area contributed by atoms with Crippen molar-refractivity contribution in [3.63, 3.8) is 0 Å². The summed E-state index contributed by atoms with van der Waals surface area (Å²) < 4.78 is 4.74. The number of nitrogens with zero attached hydrogens (tertiary/aromatic N) is 5. The lowest BCUT2D eigenvalue weighted by molar-refractivity contribution is 1.18. The second-order valence-electron chi connectivity index (χ2n) is 18.3. The zero-order valence-corrected chi connectivity index (χ0v) is 39.8. The Morgan fingerprint density at radius 1 is 0.222 bits per heavy atom. The molecule has 0 amide bonds. The van der Waals surface area contributed by atoms with Gasteiger partial charge in [0, 0.05) is 84.1 Å². The Labute approximate surface area is 419 Å². The molecular weight excluding hydrogens is 875 g/mol. The molecule has 2 heterocycles. The lowest BCUT2D eigenvalue weighted by Gasteiger charge is -2.29. The molecule has 0 radical (unpaired) electrons. The molecule has 0 N–H and O–H groups in total. The monoisotopic (exact) mass is 923 g/mol. The standard InChI is InChI=1S/C67H49N5/c1-48-30-32-53(33-31-48)68(54-34-38-56(39-35-54)69(49-18-6-2-7-19-49)58-42-44-66-62(46-58)60-26-14-16-28-64(60)71(66)51-22-10-4-11-23-51)55-36-40-57(41-37-55)70(50-20-8-3-9-21-50)59-43-45-67-63(47-59)61-27-15-17-29-65(61)72(67)52-24-12-5-13-25-52/h2-47H,1H3. The highest BCUT2D eigenvalue weighted by Crippen LogP contribution is 2.44. The van der Waals surface area contributed by atoms with Crippen LogP contribution in [0.15, 0.2) is 279 Å². The molecule has 0 saturated carbocycles. The Kier molecular flexibility index (Phi) is 10.7.